The lowest BCUT2D eigenvalue weighted by Crippen LogP contribution is -2.60. The van der Waals surface area contributed by atoms with E-state index < -0.39 is 0 Å². The quantitative estimate of drug-likeness (QED) is 0.548. The standard InChI is InChI=1S/C8H15N3O/c9-7-5-11(6-7)8(12)10-3-1-2-4-10/h7H,1-6,9H2. The Morgan fingerprint density at radius 2 is 1.75 bits per heavy atom. The van der Waals surface area contributed by atoms with Crippen LogP contribution in [-0.2, 0) is 0 Å². The zero-order chi connectivity index (χ0) is 8.55. The van der Waals surface area contributed by atoms with Crippen molar-refractivity contribution in [2.24, 2.45) is 5.73 Å². The third-order valence-electron chi connectivity index (χ3n) is 2.56. The number of likely N-dealkylation sites (tertiary alicyclic amines) is 2. The minimum atomic E-state index is 0.189. The predicted molar refractivity (Wildman–Crippen MR) is 45.8 cm³/mol. The molecule has 0 bridgehead atoms. The van der Waals surface area contributed by atoms with Crippen LogP contribution in [0.15, 0.2) is 0 Å². The first kappa shape index (κ1) is 7.86. The Kier molecular flexibility index (Phi) is 1.92. The van der Waals surface area contributed by atoms with Crippen molar-refractivity contribution in [2.75, 3.05) is 26.2 Å². The van der Waals surface area contributed by atoms with Crippen molar-refractivity contribution in [2.45, 2.75) is 18.9 Å². The summed E-state index contributed by atoms with van der Waals surface area (Å²) in [6, 6.07) is 0.408. The van der Waals surface area contributed by atoms with E-state index in [1.165, 1.54) is 0 Å². The Bertz CT molecular complexity index is 183. The molecule has 0 saturated carbocycles. The van der Waals surface area contributed by atoms with Crippen LogP contribution in [0.1, 0.15) is 12.8 Å². The zero-order valence-corrected chi connectivity index (χ0v) is 7.20. The molecule has 0 aliphatic carbocycles. The molecule has 2 heterocycles. The van der Waals surface area contributed by atoms with E-state index in [-0.39, 0.29) is 12.1 Å². The second-order valence-corrected chi connectivity index (χ2v) is 3.64. The second kappa shape index (κ2) is 2.94. The van der Waals surface area contributed by atoms with Crippen molar-refractivity contribution < 1.29 is 4.79 Å². The minimum Gasteiger partial charge on any atom is -0.325 e. The minimum absolute atomic E-state index is 0.189. The molecule has 0 unspecified atom stereocenters. The van der Waals surface area contributed by atoms with E-state index in [1.54, 1.807) is 0 Å². The van der Waals surface area contributed by atoms with Gasteiger partial charge in [0.1, 0.15) is 0 Å². The lowest BCUT2D eigenvalue weighted by molar-refractivity contribution is 0.123. The number of hydrogen-bond acceptors (Lipinski definition) is 2. The highest BCUT2D eigenvalue weighted by molar-refractivity contribution is 5.75. The summed E-state index contributed by atoms with van der Waals surface area (Å²) >= 11 is 0. The summed E-state index contributed by atoms with van der Waals surface area (Å²) in [7, 11) is 0. The number of carbonyl (C=O) groups is 1. The highest BCUT2D eigenvalue weighted by Gasteiger charge is 2.31. The van der Waals surface area contributed by atoms with Crippen LogP contribution in [0.4, 0.5) is 4.79 Å². The molecule has 2 N–H and O–H groups in total. The van der Waals surface area contributed by atoms with E-state index in [4.69, 9.17) is 5.73 Å². The van der Waals surface area contributed by atoms with E-state index in [0.717, 1.165) is 39.0 Å². The van der Waals surface area contributed by atoms with Crippen molar-refractivity contribution in [1.82, 2.24) is 9.80 Å². The molecule has 2 aliphatic rings. The molecule has 2 rings (SSSR count). The lowest BCUT2D eigenvalue weighted by Gasteiger charge is -2.39. The van der Waals surface area contributed by atoms with Gasteiger partial charge in [-0.2, -0.15) is 0 Å². The van der Waals surface area contributed by atoms with E-state index in [2.05, 4.69) is 0 Å². The van der Waals surface area contributed by atoms with Gasteiger partial charge in [-0.25, -0.2) is 4.79 Å². The summed E-state index contributed by atoms with van der Waals surface area (Å²) in [6.45, 7) is 3.36. The first-order chi connectivity index (χ1) is 5.77. The first-order valence-corrected chi connectivity index (χ1v) is 4.57. The number of carbonyl (C=O) groups excluding carboxylic acids is 1. The Hall–Kier alpha value is -0.770. The fourth-order valence-electron chi connectivity index (χ4n) is 1.78. The summed E-state index contributed by atoms with van der Waals surface area (Å²) in [6.07, 6.45) is 2.32. The summed E-state index contributed by atoms with van der Waals surface area (Å²) in [5.41, 5.74) is 5.59. The largest absolute Gasteiger partial charge is 0.325 e. The second-order valence-electron chi connectivity index (χ2n) is 3.64. The maximum absolute atomic E-state index is 11.6. The maximum atomic E-state index is 11.6. The number of amides is 2. The van der Waals surface area contributed by atoms with Crippen LogP contribution in [-0.4, -0.2) is 48.1 Å². The average molecular weight is 169 g/mol. The summed E-state index contributed by atoms with van der Waals surface area (Å²) in [5.74, 6) is 0. The zero-order valence-electron chi connectivity index (χ0n) is 7.20. The molecule has 0 aromatic rings. The van der Waals surface area contributed by atoms with E-state index in [1.807, 2.05) is 9.80 Å². The lowest BCUT2D eigenvalue weighted by atomic mass is 10.1. The normalized spacial score (nSPS) is 24.4. The number of nitrogens with two attached hydrogens (primary N) is 1. The molecule has 2 aliphatic heterocycles. The monoisotopic (exact) mass is 169 g/mol. The van der Waals surface area contributed by atoms with Crippen molar-refractivity contribution in [3.63, 3.8) is 0 Å². The highest BCUT2D eigenvalue weighted by atomic mass is 16.2. The van der Waals surface area contributed by atoms with E-state index in [0.29, 0.717) is 0 Å². The molecule has 0 aromatic heterocycles. The molecular formula is C8H15N3O. The summed E-state index contributed by atoms with van der Waals surface area (Å²) in [4.78, 5) is 15.3. The Morgan fingerprint density at radius 3 is 2.25 bits per heavy atom. The van der Waals surface area contributed by atoms with Crippen LogP contribution < -0.4 is 5.73 Å². The molecule has 0 aromatic carbocycles. The molecule has 2 amide bonds. The molecule has 4 heteroatoms. The Balaban J connectivity index is 1.83. The SMILES string of the molecule is NC1CN(C(=O)N2CCCC2)C1. The van der Waals surface area contributed by atoms with Gasteiger partial charge in [-0.3, -0.25) is 0 Å². The summed E-state index contributed by atoms with van der Waals surface area (Å²) < 4.78 is 0. The van der Waals surface area contributed by atoms with Gasteiger partial charge in [0, 0.05) is 32.2 Å². The van der Waals surface area contributed by atoms with Crippen LogP contribution in [0.3, 0.4) is 0 Å². The smallest absolute Gasteiger partial charge is 0.320 e. The molecular weight excluding hydrogens is 154 g/mol. The van der Waals surface area contributed by atoms with Crippen LogP contribution in [0.2, 0.25) is 0 Å². The average Bonchev–Trinajstić information content (AvgIpc) is 2.49. The van der Waals surface area contributed by atoms with Gasteiger partial charge in [0.25, 0.3) is 0 Å². The maximum Gasteiger partial charge on any atom is 0.320 e. The van der Waals surface area contributed by atoms with Gasteiger partial charge < -0.3 is 15.5 Å². The number of urea groups is 1. The van der Waals surface area contributed by atoms with Gasteiger partial charge in [-0.05, 0) is 12.8 Å². The van der Waals surface area contributed by atoms with Gasteiger partial charge in [0.05, 0.1) is 0 Å². The number of nitrogens with zero attached hydrogens (tertiary/aromatic N) is 2. The van der Waals surface area contributed by atoms with E-state index in [9.17, 15) is 4.79 Å². The van der Waals surface area contributed by atoms with Crippen molar-refractivity contribution >= 4 is 6.03 Å². The molecule has 2 saturated heterocycles. The predicted octanol–water partition coefficient (Wildman–Crippen LogP) is -0.155. The number of rotatable bonds is 0. The first-order valence-electron chi connectivity index (χ1n) is 4.57. The van der Waals surface area contributed by atoms with Crippen LogP contribution in [0.25, 0.3) is 0 Å². The van der Waals surface area contributed by atoms with E-state index >= 15 is 0 Å². The fraction of sp³-hybridized carbons (Fsp3) is 0.875. The van der Waals surface area contributed by atoms with Gasteiger partial charge >= 0.3 is 6.03 Å². The Morgan fingerprint density at radius 1 is 1.17 bits per heavy atom. The third-order valence-corrected chi connectivity index (χ3v) is 2.56. The topological polar surface area (TPSA) is 49.6 Å². The van der Waals surface area contributed by atoms with Gasteiger partial charge in [0.2, 0.25) is 0 Å². The van der Waals surface area contributed by atoms with Crippen molar-refractivity contribution in [3.8, 4) is 0 Å². The summed E-state index contributed by atoms with van der Waals surface area (Å²) in [5, 5.41) is 0. The van der Waals surface area contributed by atoms with Crippen LogP contribution in [0.5, 0.6) is 0 Å². The third kappa shape index (κ3) is 1.27. The van der Waals surface area contributed by atoms with Crippen molar-refractivity contribution in [3.05, 3.63) is 0 Å². The van der Waals surface area contributed by atoms with Gasteiger partial charge in [-0.1, -0.05) is 0 Å². The molecule has 2 fully saturated rings. The fourth-order valence-corrected chi connectivity index (χ4v) is 1.78. The van der Waals surface area contributed by atoms with Crippen LogP contribution in [0, 0.1) is 0 Å². The highest BCUT2D eigenvalue weighted by Crippen LogP contribution is 2.14. The molecule has 68 valence electrons. The number of hydrogen-bond donors (Lipinski definition) is 1. The van der Waals surface area contributed by atoms with Gasteiger partial charge in [-0.15, -0.1) is 0 Å². The molecule has 0 radical (unpaired) electrons. The molecule has 0 spiro atoms. The Labute approximate surface area is 72.3 Å². The van der Waals surface area contributed by atoms with Crippen LogP contribution >= 0.6 is 0 Å². The molecule has 0 atom stereocenters. The molecule has 4 nitrogen and oxygen atoms in total. The van der Waals surface area contributed by atoms with Gasteiger partial charge in [0.15, 0.2) is 0 Å². The molecule has 12 heavy (non-hydrogen) atoms. The van der Waals surface area contributed by atoms with Crippen molar-refractivity contribution in [1.29, 1.82) is 0 Å².